The molecular formula is C15H11Cl2NO2S. The van der Waals surface area contributed by atoms with Crippen LogP contribution in [0.4, 0.5) is 0 Å². The highest BCUT2D eigenvalue weighted by molar-refractivity contribution is 7.20. The number of hydrogen-bond acceptors (Lipinski definition) is 4. The molecule has 3 nitrogen and oxygen atoms in total. The maximum atomic E-state index is 6.02. The Morgan fingerprint density at radius 1 is 1.00 bits per heavy atom. The summed E-state index contributed by atoms with van der Waals surface area (Å²) >= 11 is 13.4. The lowest BCUT2D eigenvalue weighted by atomic mass is 10.3. The molecule has 0 bridgehead atoms. The maximum absolute atomic E-state index is 6.02. The number of ether oxygens (including phenoxy) is 2. The molecule has 3 aromatic rings. The highest BCUT2D eigenvalue weighted by Gasteiger charge is 2.05. The molecule has 0 atom stereocenters. The largest absolute Gasteiger partial charge is 0.488 e. The summed E-state index contributed by atoms with van der Waals surface area (Å²) in [6.45, 7) is 0.788. The first-order valence-corrected chi connectivity index (χ1v) is 7.86. The van der Waals surface area contributed by atoms with E-state index in [2.05, 4.69) is 4.98 Å². The Kier molecular flexibility index (Phi) is 4.48. The quantitative estimate of drug-likeness (QED) is 0.608. The van der Waals surface area contributed by atoms with E-state index in [-0.39, 0.29) is 0 Å². The Bertz CT molecular complexity index is 727. The third-order valence-corrected chi connectivity index (χ3v) is 4.21. The number of rotatable bonds is 5. The Morgan fingerprint density at radius 3 is 2.62 bits per heavy atom. The summed E-state index contributed by atoms with van der Waals surface area (Å²) in [5.41, 5.74) is 0.944. The molecule has 0 saturated heterocycles. The first kappa shape index (κ1) is 14.4. The average Bonchev–Trinajstić information content (AvgIpc) is 2.88. The van der Waals surface area contributed by atoms with Crippen LogP contribution < -0.4 is 9.47 Å². The van der Waals surface area contributed by atoms with E-state index in [1.807, 2.05) is 24.3 Å². The van der Waals surface area contributed by atoms with Crippen molar-refractivity contribution in [1.29, 1.82) is 0 Å². The zero-order valence-electron chi connectivity index (χ0n) is 10.9. The minimum Gasteiger partial charge on any atom is -0.488 e. The lowest BCUT2D eigenvalue weighted by Crippen LogP contribution is -2.09. The molecule has 2 aromatic carbocycles. The second-order valence-corrected chi connectivity index (χ2v) is 6.06. The van der Waals surface area contributed by atoms with Crippen LogP contribution in [0.3, 0.4) is 0 Å². The van der Waals surface area contributed by atoms with Gasteiger partial charge >= 0.3 is 0 Å². The molecule has 3 rings (SSSR count). The van der Waals surface area contributed by atoms with E-state index in [9.17, 15) is 0 Å². The number of aromatic nitrogens is 1. The van der Waals surface area contributed by atoms with E-state index in [1.165, 1.54) is 11.3 Å². The third-order valence-electron chi connectivity index (χ3n) is 2.73. The van der Waals surface area contributed by atoms with Crippen LogP contribution in [0, 0.1) is 0 Å². The van der Waals surface area contributed by atoms with Crippen molar-refractivity contribution in [3.63, 3.8) is 0 Å². The average molecular weight is 340 g/mol. The molecule has 0 radical (unpaired) electrons. The summed E-state index contributed by atoms with van der Waals surface area (Å²) in [6.07, 6.45) is 0. The first-order valence-electron chi connectivity index (χ1n) is 6.28. The van der Waals surface area contributed by atoms with Gasteiger partial charge in [0.1, 0.15) is 19.0 Å². The monoisotopic (exact) mass is 339 g/mol. The van der Waals surface area contributed by atoms with Crippen molar-refractivity contribution in [2.24, 2.45) is 0 Å². The molecule has 0 aliphatic carbocycles. The van der Waals surface area contributed by atoms with Crippen LogP contribution in [0.2, 0.25) is 10.0 Å². The van der Waals surface area contributed by atoms with Crippen LogP contribution in [0.1, 0.15) is 0 Å². The van der Waals surface area contributed by atoms with Gasteiger partial charge in [-0.25, -0.2) is 4.98 Å². The van der Waals surface area contributed by atoms with Gasteiger partial charge in [-0.15, -0.1) is 0 Å². The van der Waals surface area contributed by atoms with Gasteiger partial charge < -0.3 is 9.47 Å². The Labute approximate surface area is 136 Å². The zero-order valence-corrected chi connectivity index (χ0v) is 13.2. The van der Waals surface area contributed by atoms with Crippen LogP contribution in [-0.2, 0) is 0 Å². The molecule has 0 N–H and O–H groups in total. The van der Waals surface area contributed by atoms with Crippen LogP contribution in [0.25, 0.3) is 10.2 Å². The summed E-state index contributed by atoms with van der Waals surface area (Å²) in [4.78, 5) is 4.38. The van der Waals surface area contributed by atoms with Crippen LogP contribution in [0.5, 0.6) is 10.9 Å². The van der Waals surface area contributed by atoms with Gasteiger partial charge in [0, 0.05) is 5.02 Å². The molecular weight excluding hydrogens is 329 g/mol. The molecule has 0 amide bonds. The van der Waals surface area contributed by atoms with E-state index in [1.54, 1.807) is 18.2 Å². The Hall–Kier alpha value is -1.49. The van der Waals surface area contributed by atoms with Crippen molar-refractivity contribution in [2.75, 3.05) is 13.2 Å². The highest BCUT2D eigenvalue weighted by atomic mass is 35.5. The molecule has 0 saturated carbocycles. The number of thiazole rings is 1. The molecule has 1 aromatic heterocycles. The number of benzene rings is 2. The van der Waals surface area contributed by atoms with Crippen molar-refractivity contribution < 1.29 is 9.47 Å². The smallest absolute Gasteiger partial charge is 0.274 e. The number of halogens is 2. The predicted octanol–water partition coefficient (Wildman–Crippen LogP) is 5.06. The normalized spacial score (nSPS) is 10.8. The fourth-order valence-corrected chi connectivity index (χ4v) is 3.09. The number of fused-ring (bicyclic) bond motifs is 1. The van der Waals surface area contributed by atoms with Gasteiger partial charge in [0.2, 0.25) is 0 Å². The van der Waals surface area contributed by atoms with Crippen molar-refractivity contribution in [3.05, 3.63) is 52.5 Å². The van der Waals surface area contributed by atoms with Gasteiger partial charge in [0.15, 0.2) is 0 Å². The van der Waals surface area contributed by atoms with Gasteiger partial charge in [-0.2, -0.15) is 0 Å². The van der Waals surface area contributed by atoms with E-state index in [0.717, 1.165) is 10.2 Å². The van der Waals surface area contributed by atoms with Crippen molar-refractivity contribution in [3.8, 4) is 10.9 Å². The van der Waals surface area contributed by atoms with E-state index in [0.29, 0.717) is 34.2 Å². The number of para-hydroxylation sites is 1. The topological polar surface area (TPSA) is 31.4 Å². The fraction of sp³-hybridized carbons (Fsp3) is 0.133. The third kappa shape index (κ3) is 3.59. The molecule has 0 aliphatic rings. The standard InChI is InChI=1S/C15H11Cl2NO2S/c16-10-5-6-13(11(17)9-10)19-7-8-20-15-18-12-3-1-2-4-14(12)21-15/h1-6,9H,7-8H2. The second kappa shape index (κ2) is 6.52. The lowest BCUT2D eigenvalue weighted by Gasteiger charge is -2.08. The molecule has 0 fully saturated rings. The summed E-state index contributed by atoms with van der Waals surface area (Å²) in [7, 11) is 0. The van der Waals surface area contributed by atoms with Crippen molar-refractivity contribution in [2.45, 2.75) is 0 Å². The fourth-order valence-electron chi connectivity index (χ4n) is 1.79. The summed E-state index contributed by atoms with van der Waals surface area (Å²) in [5.74, 6) is 0.592. The van der Waals surface area contributed by atoms with Gasteiger partial charge in [0.25, 0.3) is 5.19 Å². The van der Waals surface area contributed by atoms with E-state index in [4.69, 9.17) is 32.7 Å². The van der Waals surface area contributed by atoms with Crippen molar-refractivity contribution in [1.82, 2.24) is 4.98 Å². The van der Waals surface area contributed by atoms with Crippen LogP contribution in [0.15, 0.2) is 42.5 Å². The summed E-state index contributed by atoms with van der Waals surface area (Å²) < 4.78 is 12.2. The summed E-state index contributed by atoms with van der Waals surface area (Å²) in [5, 5.41) is 1.71. The molecule has 1 heterocycles. The highest BCUT2D eigenvalue weighted by Crippen LogP contribution is 2.28. The molecule has 0 unspecified atom stereocenters. The minimum absolute atomic E-state index is 0.386. The number of nitrogens with zero attached hydrogens (tertiary/aromatic N) is 1. The van der Waals surface area contributed by atoms with Crippen LogP contribution in [-0.4, -0.2) is 18.2 Å². The minimum atomic E-state index is 0.386. The van der Waals surface area contributed by atoms with Gasteiger partial charge in [-0.1, -0.05) is 46.7 Å². The van der Waals surface area contributed by atoms with E-state index < -0.39 is 0 Å². The molecule has 0 spiro atoms. The summed E-state index contributed by atoms with van der Waals surface area (Å²) in [6, 6.07) is 13.0. The van der Waals surface area contributed by atoms with E-state index >= 15 is 0 Å². The lowest BCUT2D eigenvalue weighted by molar-refractivity contribution is 0.217. The number of hydrogen-bond donors (Lipinski definition) is 0. The molecule has 0 aliphatic heterocycles. The Morgan fingerprint density at radius 2 is 1.81 bits per heavy atom. The molecule has 21 heavy (non-hydrogen) atoms. The molecule has 108 valence electrons. The Balaban J connectivity index is 1.54. The van der Waals surface area contributed by atoms with Crippen LogP contribution >= 0.6 is 34.5 Å². The van der Waals surface area contributed by atoms with Gasteiger partial charge in [-0.3, -0.25) is 0 Å². The first-order chi connectivity index (χ1) is 10.2. The van der Waals surface area contributed by atoms with Gasteiger partial charge in [0.05, 0.1) is 15.2 Å². The predicted molar refractivity (Wildman–Crippen MR) is 87.1 cm³/mol. The maximum Gasteiger partial charge on any atom is 0.274 e. The molecule has 6 heteroatoms. The second-order valence-electron chi connectivity index (χ2n) is 4.22. The zero-order chi connectivity index (χ0) is 14.7. The SMILES string of the molecule is Clc1ccc(OCCOc2nc3ccccc3s2)c(Cl)c1. The van der Waals surface area contributed by atoms with Crippen molar-refractivity contribution >= 4 is 44.8 Å². The van der Waals surface area contributed by atoms with Gasteiger partial charge in [-0.05, 0) is 30.3 Å².